The summed E-state index contributed by atoms with van der Waals surface area (Å²) in [5.74, 6) is -0.110. The standard InChI is InChI=1S/C15H13Cl2NO2S2/c16-11-4-1-5-12(17)10(11)7-13-14(19)18(15(21)22-13)8-9-3-2-6-20-9/h1,4-5,7,9H,2-3,6,8H2. The van der Waals surface area contributed by atoms with E-state index in [1.165, 1.54) is 11.8 Å². The lowest BCUT2D eigenvalue weighted by atomic mass is 10.2. The Labute approximate surface area is 148 Å². The Bertz CT molecular complexity index is 637. The minimum atomic E-state index is -0.110. The molecule has 0 aliphatic carbocycles. The fraction of sp³-hybridized carbons (Fsp3) is 0.333. The number of hydrogen-bond acceptors (Lipinski definition) is 4. The molecule has 2 fully saturated rings. The molecule has 2 heterocycles. The van der Waals surface area contributed by atoms with Crippen molar-refractivity contribution in [2.45, 2.75) is 18.9 Å². The van der Waals surface area contributed by atoms with Gasteiger partial charge in [0.25, 0.3) is 5.91 Å². The van der Waals surface area contributed by atoms with Crippen LogP contribution in [-0.2, 0) is 9.53 Å². The van der Waals surface area contributed by atoms with E-state index in [4.69, 9.17) is 40.2 Å². The summed E-state index contributed by atoms with van der Waals surface area (Å²) in [6.07, 6.45) is 3.78. The molecule has 1 atom stereocenters. The minimum absolute atomic E-state index is 0.0748. The molecule has 116 valence electrons. The Morgan fingerprint density at radius 3 is 2.77 bits per heavy atom. The van der Waals surface area contributed by atoms with Gasteiger partial charge in [-0.15, -0.1) is 0 Å². The molecule has 3 rings (SSSR count). The quantitative estimate of drug-likeness (QED) is 0.580. The molecule has 2 aliphatic heterocycles. The van der Waals surface area contributed by atoms with Crippen molar-refractivity contribution in [3.8, 4) is 0 Å². The predicted molar refractivity (Wildman–Crippen MR) is 95.3 cm³/mol. The molecule has 0 bridgehead atoms. The second-order valence-corrected chi connectivity index (χ2v) is 7.55. The third-order valence-electron chi connectivity index (χ3n) is 3.56. The lowest BCUT2D eigenvalue weighted by Gasteiger charge is -2.18. The fourth-order valence-corrected chi connectivity index (χ4v) is 4.19. The zero-order chi connectivity index (χ0) is 15.7. The smallest absolute Gasteiger partial charge is 0.266 e. The highest BCUT2D eigenvalue weighted by molar-refractivity contribution is 8.26. The highest BCUT2D eigenvalue weighted by Gasteiger charge is 2.34. The molecule has 22 heavy (non-hydrogen) atoms. The van der Waals surface area contributed by atoms with E-state index in [9.17, 15) is 4.79 Å². The fourth-order valence-electron chi connectivity index (χ4n) is 2.43. The summed E-state index contributed by atoms with van der Waals surface area (Å²) < 4.78 is 6.13. The van der Waals surface area contributed by atoms with Crippen molar-refractivity contribution in [2.75, 3.05) is 13.2 Å². The summed E-state index contributed by atoms with van der Waals surface area (Å²) in [7, 11) is 0. The third kappa shape index (κ3) is 3.34. The topological polar surface area (TPSA) is 29.5 Å². The van der Waals surface area contributed by atoms with Crippen LogP contribution in [0.15, 0.2) is 23.1 Å². The minimum Gasteiger partial charge on any atom is -0.376 e. The third-order valence-corrected chi connectivity index (χ3v) is 5.60. The van der Waals surface area contributed by atoms with Crippen molar-refractivity contribution in [1.82, 2.24) is 4.90 Å². The first-order valence-corrected chi connectivity index (χ1v) is 8.85. The van der Waals surface area contributed by atoms with Crippen molar-refractivity contribution < 1.29 is 9.53 Å². The van der Waals surface area contributed by atoms with Crippen LogP contribution in [0.4, 0.5) is 0 Å². The van der Waals surface area contributed by atoms with E-state index >= 15 is 0 Å². The molecule has 7 heteroatoms. The maximum Gasteiger partial charge on any atom is 0.266 e. The van der Waals surface area contributed by atoms with Crippen molar-refractivity contribution in [3.63, 3.8) is 0 Å². The summed E-state index contributed by atoms with van der Waals surface area (Å²) >= 11 is 18.9. The van der Waals surface area contributed by atoms with Crippen LogP contribution in [0.2, 0.25) is 10.0 Å². The maximum absolute atomic E-state index is 12.5. The number of nitrogens with zero attached hydrogens (tertiary/aromatic N) is 1. The van der Waals surface area contributed by atoms with Crippen LogP contribution in [0.1, 0.15) is 18.4 Å². The first-order chi connectivity index (χ1) is 10.6. The van der Waals surface area contributed by atoms with Crippen molar-refractivity contribution >= 4 is 63.5 Å². The Morgan fingerprint density at radius 2 is 2.14 bits per heavy atom. The van der Waals surface area contributed by atoms with Crippen LogP contribution in [0, 0.1) is 0 Å². The van der Waals surface area contributed by atoms with Crippen molar-refractivity contribution in [2.24, 2.45) is 0 Å². The van der Waals surface area contributed by atoms with Crippen LogP contribution >= 0.6 is 47.2 Å². The van der Waals surface area contributed by atoms with Crippen LogP contribution in [0.3, 0.4) is 0 Å². The number of thiocarbonyl (C=S) groups is 1. The summed E-state index contributed by atoms with van der Waals surface area (Å²) in [5, 5.41) is 1.02. The molecule has 2 saturated heterocycles. The second-order valence-electron chi connectivity index (χ2n) is 5.06. The van der Waals surface area contributed by atoms with Gasteiger partial charge in [-0.2, -0.15) is 0 Å². The van der Waals surface area contributed by atoms with Gasteiger partial charge in [0.15, 0.2) is 0 Å². The van der Waals surface area contributed by atoms with E-state index < -0.39 is 0 Å². The van der Waals surface area contributed by atoms with Crippen LogP contribution in [0.25, 0.3) is 6.08 Å². The van der Waals surface area contributed by atoms with Crippen molar-refractivity contribution in [1.29, 1.82) is 0 Å². The van der Waals surface area contributed by atoms with Crippen LogP contribution in [-0.4, -0.2) is 34.4 Å². The van der Waals surface area contributed by atoms with Gasteiger partial charge in [0, 0.05) is 22.2 Å². The predicted octanol–water partition coefficient (Wildman–Crippen LogP) is 4.37. The largest absolute Gasteiger partial charge is 0.376 e. The molecule has 1 amide bonds. The number of carbonyl (C=O) groups excluding carboxylic acids is 1. The van der Waals surface area contributed by atoms with Gasteiger partial charge in [0.2, 0.25) is 0 Å². The van der Waals surface area contributed by atoms with Gasteiger partial charge in [-0.1, -0.05) is 53.2 Å². The zero-order valence-corrected chi connectivity index (χ0v) is 14.7. The summed E-state index contributed by atoms with van der Waals surface area (Å²) in [4.78, 5) is 14.7. The van der Waals surface area contributed by atoms with E-state index in [-0.39, 0.29) is 12.0 Å². The Morgan fingerprint density at radius 1 is 1.41 bits per heavy atom. The molecule has 2 aliphatic rings. The molecule has 0 saturated carbocycles. The zero-order valence-electron chi connectivity index (χ0n) is 11.6. The van der Waals surface area contributed by atoms with Crippen LogP contribution in [0.5, 0.6) is 0 Å². The number of ether oxygens (including phenoxy) is 1. The van der Waals surface area contributed by atoms with E-state index in [1.54, 1.807) is 29.2 Å². The molecule has 0 radical (unpaired) electrons. The second kappa shape index (κ2) is 6.89. The number of halogens is 2. The average Bonchev–Trinajstić information content (AvgIpc) is 3.07. The molecule has 0 spiro atoms. The van der Waals surface area contributed by atoms with Gasteiger partial charge in [-0.3, -0.25) is 9.69 Å². The van der Waals surface area contributed by atoms with Gasteiger partial charge in [-0.05, 0) is 31.1 Å². The first-order valence-electron chi connectivity index (χ1n) is 6.87. The van der Waals surface area contributed by atoms with Crippen molar-refractivity contribution in [3.05, 3.63) is 38.7 Å². The Balaban J connectivity index is 1.82. The summed E-state index contributed by atoms with van der Waals surface area (Å²) in [6, 6.07) is 5.25. The Hall–Kier alpha value is -0.590. The molecule has 3 nitrogen and oxygen atoms in total. The number of hydrogen-bond donors (Lipinski definition) is 0. The van der Waals surface area contributed by atoms with Gasteiger partial charge in [0.05, 0.1) is 17.6 Å². The average molecular weight is 374 g/mol. The summed E-state index contributed by atoms with van der Waals surface area (Å²) in [6.45, 7) is 1.27. The lowest BCUT2D eigenvalue weighted by molar-refractivity contribution is -0.123. The molecule has 0 aromatic heterocycles. The first kappa shape index (κ1) is 16.3. The van der Waals surface area contributed by atoms with E-state index in [1.807, 2.05) is 0 Å². The van der Waals surface area contributed by atoms with Gasteiger partial charge in [-0.25, -0.2) is 0 Å². The number of benzene rings is 1. The number of carbonyl (C=O) groups is 1. The lowest BCUT2D eigenvalue weighted by Crippen LogP contribution is -2.35. The SMILES string of the molecule is O=C1C(=Cc2c(Cl)cccc2Cl)SC(=S)N1CC1CCCO1. The molecular weight excluding hydrogens is 361 g/mol. The monoisotopic (exact) mass is 373 g/mol. The summed E-state index contributed by atoms with van der Waals surface area (Å²) in [5.41, 5.74) is 0.642. The van der Waals surface area contributed by atoms with Crippen LogP contribution < -0.4 is 0 Å². The molecule has 1 aromatic carbocycles. The molecule has 1 aromatic rings. The maximum atomic E-state index is 12.5. The molecule has 1 unspecified atom stereocenters. The highest BCUT2D eigenvalue weighted by Crippen LogP contribution is 2.36. The van der Waals surface area contributed by atoms with Gasteiger partial charge >= 0.3 is 0 Å². The number of rotatable bonds is 3. The Kier molecular flexibility index (Phi) is 5.10. The van der Waals surface area contributed by atoms with E-state index in [0.29, 0.717) is 31.4 Å². The van der Waals surface area contributed by atoms with E-state index in [0.717, 1.165) is 19.4 Å². The van der Waals surface area contributed by atoms with E-state index in [2.05, 4.69) is 0 Å². The molecule has 0 N–H and O–H groups in total. The highest BCUT2D eigenvalue weighted by atomic mass is 35.5. The normalized spacial score (nSPS) is 23.8. The van der Waals surface area contributed by atoms with Gasteiger partial charge < -0.3 is 4.74 Å². The number of amides is 1. The number of thioether (sulfide) groups is 1. The van der Waals surface area contributed by atoms with Gasteiger partial charge in [0.1, 0.15) is 4.32 Å². The molecular formula is C15H13Cl2NO2S2.